The summed E-state index contributed by atoms with van der Waals surface area (Å²) in [5.74, 6) is 0. The summed E-state index contributed by atoms with van der Waals surface area (Å²) in [7, 11) is -9.17. The molecule has 2 unspecified atom stereocenters. The lowest BCUT2D eigenvalue weighted by atomic mass is 10.0. The molecule has 10 heteroatoms. The molecule has 23 heavy (non-hydrogen) atoms. The van der Waals surface area contributed by atoms with Crippen molar-refractivity contribution in [2.24, 2.45) is 0 Å². The van der Waals surface area contributed by atoms with Crippen LogP contribution in [-0.2, 0) is 13.7 Å². The monoisotopic (exact) mass is 370 g/mol. The molecule has 2 aliphatic rings. The van der Waals surface area contributed by atoms with Gasteiger partial charge in [-0.1, -0.05) is 6.42 Å². The standard InChI is InChI=1S/C13H28N2O6P2/c1-2-21-23(19,20)13(22(16,17)18)15-10-6-12(7-11-15)14-8-4-3-5-9-14/h12-13H,2-11H2,1H3,(H,19,20)(H2,16,17,18). The quantitative estimate of drug-likeness (QED) is 0.605. The summed E-state index contributed by atoms with van der Waals surface area (Å²) in [6.45, 7) is 4.41. The van der Waals surface area contributed by atoms with Crippen LogP contribution in [0.4, 0.5) is 0 Å². The van der Waals surface area contributed by atoms with E-state index in [0.717, 1.165) is 25.9 Å². The normalized spacial score (nSPS) is 26.8. The van der Waals surface area contributed by atoms with Gasteiger partial charge in [0.2, 0.25) is 5.52 Å². The first kappa shape index (κ1) is 19.5. The molecule has 0 aromatic carbocycles. The van der Waals surface area contributed by atoms with Crippen molar-refractivity contribution in [1.29, 1.82) is 0 Å². The van der Waals surface area contributed by atoms with Crippen LogP contribution in [0.3, 0.4) is 0 Å². The van der Waals surface area contributed by atoms with Gasteiger partial charge in [-0.2, -0.15) is 0 Å². The maximum atomic E-state index is 12.2. The van der Waals surface area contributed by atoms with Crippen LogP contribution < -0.4 is 0 Å². The molecule has 2 saturated heterocycles. The minimum Gasteiger partial charge on any atom is -0.323 e. The third kappa shape index (κ3) is 5.10. The zero-order valence-electron chi connectivity index (χ0n) is 13.6. The van der Waals surface area contributed by atoms with Gasteiger partial charge in [-0.25, -0.2) is 0 Å². The number of hydrogen-bond acceptors (Lipinski definition) is 5. The largest absolute Gasteiger partial charge is 0.357 e. The van der Waals surface area contributed by atoms with E-state index in [1.807, 2.05) is 0 Å². The molecule has 0 spiro atoms. The van der Waals surface area contributed by atoms with Crippen LogP contribution >= 0.6 is 15.2 Å². The van der Waals surface area contributed by atoms with Gasteiger partial charge in [0.15, 0.2) is 0 Å². The van der Waals surface area contributed by atoms with Gasteiger partial charge in [0.05, 0.1) is 6.61 Å². The van der Waals surface area contributed by atoms with E-state index in [1.54, 1.807) is 0 Å². The molecule has 0 saturated carbocycles. The highest BCUT2D eigenvalue weighted by Crippen LogP contribution is 2.64. The SMILES string of the molecule is CCOP(=O)(O)C(N1CCC(N2CCCCC2)CC1)P(=O)(O)O. The third-order valence-electron chi connectivity index (χ3n) is 4.64. The molecule has 0 aliphatic carbocycles. The molecule has 136 valence electrons. The Hall–Kier alpha value is 0.220. The van der Waals surface area contributed by atoms with Crippen LogP contribution in [-0.4, -0.2) is 68.8 Å². The highest BCUT2D eigenvalue weighted by Gasteiger charge is 2.50. The van der Waals surface area contributed by atoms with Gasteiger partial charge in [0.25, 0.3) is 0 Å². The Kier molecular flexibility index (Phi) is 6.85. The van der Waals surface area contributed by atoms with Crippen molar-refractivity contribution in [2.45, 2.75) is 50.6 Å². The van der Waals surface area contributed by atoms with Crippen LogP contribution in [0.15, 0.2) is 0 Å². The second kappa shape index (κ2) is 8.07. The van der Waals surface area contributed by atoms with Gasteiger partial charge < -0.3 is 24.1 Å². The Balaban J connectivity index is 2.02. The zero-order valence-corrected chi connectivity index (χ0v) is 15.4. The minimum absolute atomic E-state index is 0.0610. The fourth-order valence-electron chi connectivity index (χ4n) is 3.63. The summed E-state index contributed by atoms with van der Waals surface area (Å²) in [5.41, 5.74) is -1.75. The van der Waals surface area contributed by atoms with E-state index < -0.39 is 20.7 Å². The smallest absolute Gasteiger partial charge is 0.323 e. The first-order chi connectivity index (χ1) is 10.8. The van der Waals surface area contributed by atoms with Gasteiger partial charge in [0, 0.05) is 19.1 Å². The first-order valence-electron chi connectivity index (χ1n) is 8.26. The van der Waals surface area contributed by atoms with Crippen LogP contribution in [0.25, 0.3) is 0 Å². The molecule has 0 radical (unpaired) electrons. The molecule has 8 nitrogen and oxygen atoms in total. The van der Waals surface area contributed by atoms with Crippen LogP contribution in [0.1, 0.15) is 39.0 Å². The van der Waals surface area contributed by atoms with Crippen molar-refractivity contribution in [3.8, 4) is 0 Å². The van der Waals surface area contributed by atoms with Gasteiger partial charge >= 0.3 is 15.2 Å². The van der Waals surface area contributed by atoms with Crippen molar-refractivity contribution >= 4 is 15.2 Å². The van der Waals surface area contributed by atoms with Crippen molar-refractivity contribution in [2.75, 3.05) is 32.8 Å². The van der Waals surface area contributed by atoms with Crippen LogP contribution in [0, 0.1) is 0 Å². The topological polar surface area (TPSA) is 111 Å². The van der Waals surface area contributed by atoms with E-state index in [4.69, 9.17) is 4.52 Å². The van der Waals surface area contributed by atoms with Crippen molar-refractivity contribution < 1.29 is 28.3 Å². The lowest BCUT2D eigenvalue weighted by molar-refractivity contribution is 0.0870. The average Bonchev–Trinajstić information content (AvgIpc) is 2.47. The van der Waals surface area contributed by atoms with Gasteiger partial charge in [-0.05, 0) is 45.7 Å². The number of likely N-dealkylation sites (tertiary alicyclic amines) is 2. The Bertz CT molecular complexity index is 471. The zero-order chi connectivity index (χ0) is 17.1. The summed E-state index contributed by atoms with van der Waals surface area (Å²) in [6, 6.07) is 0.397. The third-order valence-corrected chi connectivity index (χ3v) is 8.88. The van der Waals surface area contributed by atoms with E-state index in [-0.39, 0.29) is 6.61 Å². The highest BCUT2D eigenvalue weighted by atomic mass is 31.2. The van der Waals surface area contributed by atoms with Gasteiger partial charge in [-0.3, -0.25) is 14.0 Å². The Morgan fingerprint density at radius 2 is 1.61 bits per heavy atom. The van der Waals surface area contributed by atoms with E-state index in [2.05, 4.69) is 4.90 Å². The summed E-state index contributed by atoms with van der Waals surface area (Å²) >= 11 is 0. The number of piperidine rings is 2. The molecule has 2 atom stereocenters. The summed E-state index contributed by atoms with van der Waals surface area (Å²) in [6.07, 6.45) is 5.16. The summed E-state index contributed by atoms with van der Waals surface area (Å²) < 4.78 is 28.8. The van der Waals surface area contributed by atoms with E-state index >= 15 is 0 Å². The fourth-order valence-corrected chi connectivity index (χ4v) is 7.15. The van der Waals surface area contributed by atoms with Crippen molar-refractivity contribution in [3.05, 3.63) is 0 Å². The van der Waals surface area contributed by atoms with Crippen molar-refractivity contribution in [1.82, 2.24) is 9.80 Å². The number of rotatable bonds is 6. The minimum atomic E-state index is -4.77. The molecule has 0 aromatic rings. The second-order valence-electron chi connectivity index (χ2n) is 6.28. The number of nitrogens with zero attached hydrogens (tertiary/aromatic N) is 2. The molecule has 2 fully saturated rings. The maximum absolute atomic E-state index is 12.2. The molecule has 2 aliphatic heterocycles. The maximum Gasteiger partial charge on any atom is 0.357 e. The van der Waals surface area contributed by atoms with Crippen LogP contribution in [0.5, 0.6) is 0 Å². The molecule has 0 bridgehead atoms. The summed E-state index contributed by atoms with van der Waals surface area (Å²) in [4.78, 5) is 33.0. The van der Waals surface area contributed by atoms with E-state index in [0.29, 0.717) is 19.1 Å². The average molecular weight is 370 g/mol. The molecule has 3 N–H and O–H groups in total. The van der Waals surface area contributed by atoms with Gasteiger partial charge in [0.1, 0.15) is 0 Å². The summed E-state index contributed by atoms with van der Waals surface area (Å²) in [5, 5.41) is 0. The Morgan fingerprint density at radius 3 is 2.09 bits per heavy atom. The molecule has 0 amide bonds. The van der Waals surface area contributed by atoms with E-state index in [9.17, 15) is 23.8 Å². The van der Waals surface area contributed by atoms with Gasteiger partial charge in [-0.15, -0.1) is 0 Å². The molecular weight excluding hydrogens is 342 g/mol. The van der Waals surface area contributed by atoms with Crippen molar-refractivity contribution in [3.63, 3.8) is 0 Å². The van der Waals surface area contributed by atoms with Crippen LogP contribution in [0.2, 0.25) is 0 Å². The molecule has 2 rings (SSSR count). The first-order valence-corrected chi connectivity index (χ1v) is 11.6. The van der Waals surface area contributed by atoms with E-state index in [1.165, 1.54) is 31.1 Å². The highest BCUT2D eigenvalue weighted by molar-refractivity contribution is 7.71. The predicted molar refractivity (Wildman–Crippen MR) is 87.3 cm³/mol. The second-order valence-corrected chi connectivity index (χ2v) is 10.2. The molecule has 0 aromatic heterocycles. The lowest BCUT2D eigenvalue weighted by Crippen LogP contribution is -2.49. The Morgan fingerprint density at radius 1 is 1.04 bits per heavy atom. The number of hydrogen-bond donors (Lipinski definition) is 3. The Labute approximate surface area is 137 Å². The molecular formula is C13H28N2O6P2. The lowest BCUT2D eigenvalue weighted by Gasteiger charge is -2.42. The molecule has 2 heterocycles. The predicted octanol–water partition coefficient (Wildman–Crippen LogP) is 1.62. The fraction of sp³-hybridized carbons (Fsp3) is 1.00.